The molecule has 0 aliphatic carbocycles. The largest absolute Gasteiger partial charge is 0.355 e. The zero-order valence-corrected chi connectivity index (χ0v) is 10.3. The third-order valence-electron chi connectivity index (χ3n) is 2.31. The van der Waals surface area contributed by atoms with E-state index in [-0.39, 0.29) is 11.9 Å². The Hall–Kier alpha value is -1.06. The van der Waals surface area contributed by atoms with Crippen LogP contribution in [0, 0.1) is 0 Å². The van der Waals surface area contributed by atoms with Crippen LogP contribution in [0.5, 0.6) is 0 Å². The molecule has 0 heterocycles. The van der Waals surface area contributed by atoms with Crippen molar-refractivity contribution in [3.63, 3.8) is 0 Å². The predicted molar refractivity (Wildman–Crippen MR) is 66.6 cm³/mol. The molecular weight excluding hydrogens is 224 g/mol. The van der Waals surface area contributed by atoms with E-state index in [4.69, 9.17) is 11.6 Å². The Bertz CT molecular complexity index is 337. The molecule has 0 saturated carbocycles. The summed E-state index contributed by atoms with van der Waals surface area (Å²) < 4.78 is 0. The highest BCUT2D eigenvalue weighted by Crippen LogP contribution is 2.15. The number of rotatable bonds is 5. The van der Waals surface area contributed by atoms with Crippen LogP contribution in [0.4, 0.5) is 0 Å². The predicted octanol–water partition coefficient (Wildman–Crippen LogP) is 2.13. The quantitative estimate of drug-likeness (QED) is 0.828. The Kier molecular flexibility index (Phi) is 5.29. The Morgan fingerprint density at radius 2 is 2.00 bits per heavy atom. The molecule has 88 valence electrons. The molecule has 1 amide bonds. The molecule has 0 aliphatic rings. The first-order valence-corrected chi connectivity index (χ1v) is 5.76. The summed E-state index contributed by atoms with van der Waals surface area (Å²) in [5.41, 5.74) is 1.12. The van der Waals surface area contributed by atoms with Crippen molar-refractivity contribution in [2.24, 2.45) is 0 Å². The van der Waals surface area contributed by atoms with Crippen molar-refractivity contribution in [1.82, 2.24) is 10.6 Å². The lowest BCUT2D eigenvalue weighted by Crippen LogP contribution is -2.34. The van der Waals surface area contributed by atoms with Crippen LogP contribution in [0.3, 0.4) is 0 Å². The molecule has 0 aliphatic heterocycles. The number of carbonyl (C=O) groups excluding carboxylic acids is 1. The van der Waals surface area contributed by atoms with Crippen LogP contribution in [-0.2, 0) is 4.79 Å². The Labute approximate surface area is 101 Å². The van der Waals surface area contributed by atoms with E-state index < -0.39 is 0 Å². The smallest absolute Gasteiger partial charge is 0.233 e. The number of halogens is 1. The highest BCUT2D eigenvalue weighted by atomic mass is 35.5. The van der Waals surface area contributed by atoms with Gasteiger partial charge in [0, 0.05) is 17.6 Å². The molecule has 0 fully saturated rings. The van der Waals surface area contributed by atoms with E-state index in [9.17, 15) is 4.79 Å². The average Bonchev–Trinajstić information content (AvgIpc) is 2.27. The topological polar surface area (TPSA) is 41.1 Å². The van der Waals surface area contributed by atoms with E-state index in [1.54, 1.807) is 0 Å². The van der Waals surface area contributed by atoms with Gasteiger partial charge in [0.05, 0.1) is 6.54 Å². The minimum Gasteiger partial charge on any atom is -0.355 e. The molecule has 0 bridgehead atoms. The van der Waals surface area contributed by atoms with Crippen LogP contribution in [0.2, 0.25) is 5.02 Å². The molecule has 1 rings (SSSR count). The van der Waals surface area contributed by atoms with E-state index >= 15 is 0 Å². The summed E-state index contributed by atoms with van der Waals surface area (Å²) in [5, 5.41) is 6.61. The van der Waals surface area contributed by atoms with Crippen molar-refractivity contribution in [2.75, 3.05) is 13.1 Å². The summed E-state index contributed by atoms with van der Waals surface area (Å²) >= 11 is 5.80. The van der Waals surface area contributed by atoms with Crippen LogP contribution >= 0.6 is 11.6 Å². The molecule has 1 unspecified atom stereocenters. The monoisotopic (exact) mass is 240 g/mol. The highest BCUT2D eigenvalue weighted by Gasteiger charge is 2.06. The number of nitrogens with one attached hydrogen (secondary N) is 2. The third kappa shape index (κ3) is 4.21. The summed E-state index contributed by atoms with van der Waals surface area (Å²) in [6, 6.07) is 7.75. The van der Waals surface area contributed by atoms with Gasteiger partial charge in [-0.15, -0.1) is 0 Å². The van der Waals surface area contributed by atoms with Crippen LogP contribution in [0.25, 0.3) is 0 Å². The number of hydrogen-bond donors (Lipinski definition) is 2. The molecule has 1 aromatic rings. The first-order chi connectivity index (χ1) is 7.63. The lowest BCUT2D eigenvalue weighted by atomic mass is 10.1. The first-order valence-electron chi connectivity index (χ1n) is 5.39. The van der Waals surface area contributed by atoms with Crippen LogP contribution in [-0.4, -0.2) is 19.0 Å². The summed E-state index contributed by atoms with van der Waals surface area (Å²) in [5.74, 6) is 0.0170. The van der Waals surface area contributed by atoms with Crippen molar-refractivity contribution in [2.45, 2.75) is 19.9 Å². The number of benzene rings is 1. The van der Waals surface area contributed by atoms with Crippen molar-refractivity contribution in [1.29, 1.82) is 0 Å². The van der Waals surface area contributed by atoms with Crippen LogP contribution < -0.4 is 10.6 Å². The molecule has 16 heavy (non-hydrogen) atoms. The van der Waals surface area contributed by atoms with Gasteiger partial charge in [0.2, 0.25) is 5.91 Å². The van der Waals surface area contributed by atoms with E-state index in [1.807, 2.05) is 38.1 Å². The third-order valence-corrected chi connectivity index (χ3v) is 2.56. The normalized spacial score (nSPS) is 12.2. The van der Waals surface area contributed by atoms with Gasteiger partial charge in [-0.3, -0.25) is 4.79 Å². The number of carbonyl (C=O) groups is 1. The maximum atomic E-state index is 11.2. The van der Waals surface area contributed by atoms with Gasteiger partial charge in [-0.2, -0.15) is 0 Å². The standard InChI is InChI=1S/C12H17ClN2O/c1-3-14-12(16)8-15-9(2)10-4-6-11(13)7-5-10/h4-7,9,15H,3,8H2,1-2H3,(H,14,16). The molecule has 4 heteroatoms. The molecule has 1 atom stereocenters. The number of likely N-dealkylation sites (N-methyl/N-ethyl adjacent to an activating group) is 1. The molecule has 0 saturated heterocycles. The van der Waals surface area contributed by atoms with Gasteiger partial charge in [0.25, 0.3) is 0 Å². The van der Waals surface area contributed by atoms with E-state index in [0.717, 1.165) is 10.6 Å². The van der Waals surface area contributed by atoms with Gasteiger partial charge >= 0.3 is 0 Å². The van der Waals surface area contributed by atoms with Crippen molar-refractivity contribution in [3.8, 4) is 0 Å². The van der Waals surface area contributed by atoms with Gasteiger partial charge in [-0.05, 0) is 31.5 Å². The molecular formula is C12H17ClN2O. The van der Waals surface area contributed by atoms with E-state index in [1.165, 1.54) is 0 Å². The zero-order valence-electron chi connectivity index (χ0n) is 9.59. The minimum absolute atomic E-state index is 0.0170. The summed E-state index contributed by atoms with van der Waals surface area (Å²) in [4.78, 5) is 11.2. The second-order valence-corrected chi connectivity index (χ2v) is 4.04. The average molecular weight is 241 g/mol. The van der Waals surface area contributed by atoms with E-state index in [2.05, 4.69) is 10.6 Å². The lowest BCUT2D eigenvalue weighted by molar-refractivity contribution is -0.120. The Balaban J connectivity index is 2.43. The SMILES string of the molecule is CCNC(=O)CNC(C)c1ccc(Cl)cc1. The second-order valence-electron chi connectivity index (χ2n) is 3.61. The van der Waals surface area contributed by atoms with Crippen molar-refractivity contribution < 1.29 is 4.79 Å². The molecule has 3 nitrogen and oxygen atoms in total. The summed E-state index contributed by atoms with van der Waals surface area (Å²) in [7, 11) is 0. The van der Waals surface area contributed by atoms with Crippen molar-refractivity contribution >= 4 is 17.5 Å². The van der Waals surface area contributed by atoms with Gasteiger partial charge in [-0.25, -0.2) is 0 Å². The molecule has 0 spiro atoms. The highest BCUT2D eigenvalue weighted by molar-refractivity contribution is 6.30. The molecule has 0 aromatic heterocycles. The maximum absolute atomic E-state index is 11.2. The fraction of sp³-hybridized carbons (Fsp3) is 0.417. The number of hydrogen-bond acceptors (Lipinski definition) is 2. The van der Waals surface area contributed by atoms with Gasteiger partial charge in [0.15, 0.2) is 0 Å². The molecule has 2 N–H and O–H groups in total. The first kappa shape index (κ1) is 13.0. The van der Waals surface area contributed by atoms with Crippen LogP contribution in [0.1, 0.15) is 25.5 Å². The molecule has 1 aromatic carbocycles. The summed E-state index contributed by atoms with van der Waals surface area (Å²) in [6.07, 6.45) is 0. The van der Waals surface area contributed by atoms with Gasteiger partial charge in [-0.1, -0.05) is 23.7 Å². The maximum Gasteiger partial charge on any atom is 0.233 e. The van der Waals surface area contributed by atoms with Gasteiger partial charge in [0.1, 0.15) is 0 Å². The fourth-order valence-electron chi connectivity index (χ4n) is 1.37. The van der Waals surface area contributed by atoms with Crippen molar-refractivity contribution in [3.05, 3.63) is 34.9 Å². The summed E-state index contributed by atoms with van der Waals surface area (Å²) in [6.45, 7) is 4.91. The zero-order chi connectivity index (χ0) is 12.0. The van der Waals surface area contributed by atoms with Gasteiger partial charge < -0.3 is 10.6 Å². The second kappa shape index (κ2) is 6.51. The van der Waals surface area contributed by atoms with E-state index in [0.29, 0.717) is 13.1 Å². The Morgan fingerprint density at radius 1 is 1.38 bits per heavy atom. The lowest BCUT2D eigenvalue weighted by Gasteiger charge is -2.13. The Morgan fingerprint density at radius 3 is 2.56 bits per heavy atom. The number of amides is 1. The minimum atomic E-state index is 0.0170. The molecule has 0 radical (unpaired) electrons. The van der Waals surface area contributed by atoms with Crippen LogP contribution in [0.15, 0.2) is 24.3 Å². The fourth-order valence-corrected chi connectivity index (χ4v) is 1.50.